The van der Waals surface area contributed by atoms with Crippen molar-refractivity contribution in [3.8, 4) is 0 Å². The van der Waals surface area contributed by atoms with Gasteiger partial charge in [-0.15, -0.1) is 5.10 Å². The van der Waals surface area contributed by atoms with E-state index in [2.05, 4.69) is 44.2 Å². The van der Waals surface area contributed by atoms with E-state index in [4.69, 9.17) is 18.6 Å². The van der Waals surface area contributed by atoms with Gasteiger partial charge in [0.1, 0.15) is 42.3 Å². The van der Waals surface area contributed by atoms with Crippen molar-refractivity contribution in [3.05, 3.63) is 89.3 Å². The van der Waals surface area contributed by atoms with Gasteiger partial charge in [0.15, 0.2) is 14.6 Å². The van der Waals surface area contributed by atoms with Gasteiger partial charge in [0.05, 0.1) is 26.0 Å². The van der Waals surface area contributed by atoms with Crippen LogP contribution >= 0.6 is 0 Å². The van der Waals surface area contributed by atoms with Crippen LogP contribution in [0.4, 0.5) is 0 Å². The normalized spacial score (nSPS) is 27.7. The van der Waals surface area contributed by atoms with Gasteiger partial charge in [-0.05, 0) is 34.8 Å². The number of nitrogens with zero attached hydrogens (tertiary/aromatic N) is 3. The first-order valence-corrected chi connectivity index (χ1v) is 17.6. The Balaban J connectivity index is 1.30. The van der Waals surface area contributed by atoms with Gasteiger partial charge in [-0.3, -0.25) is 0 Å². The number of hydrogen-bond acceptors (Lipinski definition) is 9. The molecule has 0 bridgehead atoms. The standard InChI is InChI=1S/C32H43N3O7Si/c1-32(2,3)43(4,5)40-20-26-28(37)30(41-25-16-15-22-13-9-10-14-24(22)27(25)36)29(38)31(42-26)39-19-23-18-35(34-33-23)17-21-11-7-6-8-12-21/h6-16,18,25-31,36-38H,17,19-20H2,1-5H3/t25-,26-,27-,28-,29+,30+,31+/m1/s1. The first-order chi connectivity index (χ1) is 20.4. The third-order valence-corrected chi connectivity index (χ3v) is 13.1. The van der Waals surface area contributed by atoms with E-state index < -0.39 is 51.2 Å². The van der Waals surface area contributed by atoms with Crippen molar-refractivity contribution in [2.45, 2.75) is 95.0 Å². The molecule has 3 aromatic rings. The zero-order valence-corrected chi connectivity index (χ0v) is 26.4. The summed E-state index contributed by atoms with van der Waals surface area (Å²) in [6.45, 7) is 11.3. The Hall–Kier alpha value is -2.74. The summed E-state index contributed by atoms with van der Waals surface area (Å²) >= 11 is 0. The average Bonchev–Trinajstić information content (AvgIpc) is 3.42. The topological polar surface area (TPSA) is 128 Å². The monoisotopic (exact) mass is 609 g/mol. The van der Waals surface area contributed by atoms with E-state index in [0.29, 0.717) is 12.2 Å². The molecule has 1 aliphatic carbocycles. The second kappa shape index (κ2) is 13.1. The minimum absolute atomic E-state index is 0.0223. The van der Waals surface area contributed by atoms with Crippen LogP contribution in [-0.2, 0) is 31.8 Å². The number of aliphatic hydroxyl groups is 3. The molecule has 10 nitrogen and oxygen atoms in total. The quantitative estimate of drug-likeness (QED) is 0.294. The Morgan fingerprint density at radius 3 is 2.44 bits per heavy atom. The number of rotatable bonds is 10. The van der Waals surface area contributed by atoms with Gasteiger partial charge in [-0.2, -0.15) is 0 Å². The van der Waals surface area contributed by atoms with E-state index in [1.54, 1.807) is 17.0 Å². The van der Waals surface area contributed by atoms with E-state index in [1.165, 1.54) is 0 Å². The Morgan fingerprint density at radius 1 is 0.977 bits per heavy atom. The van der Waals surface area contributed by atoms with Crippen molar-refractivity contribution in [2.75, 3.05) is 6.61 Å². The van der Waals surface area contributed by atoms with E-state index in [-0.39, 0.29) is 18.3 Å². The van der Waals surface area contributed by atoms with Crippen LogP contribution in [0.3, 0.4) is 0 Å². The SMILES string of the molecule is CC(C)(C)[Si](C)(C)OC[C@H]1O[C@H](OCc2cn(Cc3ccccc3)nn2)[C@@H](O)[C@@H](O[C@@H]2C=Cc3ccccc3[C@H]2O)[C@@H]1O. The zero-order chi connectivity index (χ0) is 30.8. The van der Waals surface area contributed by atoms with E-state index >= 15 is 0 Å². The maximum atomic E-state index is 11.4. The molecule has 0 amide bonds. The summed E-state index contributed by atoms with van der Waals surface area (Å²) in [7, 11) is -2.18. The number of hydrogen-bond donors (Lipinski definition) is 3. The fraction of sp³-hybridized carbons (Fsp3) is 0.500. The molecule has 0 unspecified atom stereocenters. The molecule has 232 valence electrons. The first kappa shape index (κ1) is 31.7. The van der Waals surface area contributed by atoms with Crippen molar-refractivity contribution in [2.24, 2.45) is 0 Å². The summed E-state index contributed by atoms with van der Waals surface area (Å²) in [5.41, 5.74) is 3.26. The van der Waals surface area contributed by atoms with Crippen molar-refractivity contribution in [1.82, 2.24) is 15.0 Å². The molecule has 7 atom stereocenters. The molecule has 1 aliphatic heterocycles. The molecule has 5 rings (SSSR count). The summed E-state index contributed by atoms with van der Waals surface area (Å²) in [5, 5.41) is 42.2. The Labute approximate surface area is 254 Å². The van der Waals surface area contributed by atoms with Crippen molar-refractivity contribution >= 4 is 14.4 Å². The maximum Gasteiger partial charge on any atom is 0.192 e. The summed E-state index contributed by atoms with van der Waals surface area (Å²) < 4.78 is 26.5. The fourth-order valence-corrected chi connectivity index (χ4v) is 5.99. The molecule has 0 spiro atoms. The second-order valence-corrected chi connectivity index (χ2v) is 17.6. The van der Waals surface area contributed by atoms with Crippen LogP contribution in [0.1, 0.15) is 49.3 Å². The first-order valence-electron chi connectivity index (χ1n) is 14.7. The summed E-state index contributed by atoms with van der Waals surface area (Å²) in [6, 6.07) is 17.4. The Morgan fingerprint density at radius 2 is 1.70 bits per heavy atom. The molecule has 2 heterocycles. The Kier molecular flexibility index (Phi) is 9.64. The van der Waals surface area contributed by atoms with Crippen molar-refractivity contribution in [1.29, 1.82) is 0 Å². The van der Waals surface area contributed by atoms with Gasteiger partial charge in [0.25, 0.3) is 0 Å². The predicted molar refractivity (Wildman–Crippen MR) is 163 cm³/mol. The lowest BCUT2D eigenvalue weighted by Gasteiger charge is -2.45. The highest BCUT2D eigenvalue weighted by molar-refractivity contribution is 6.74. The van der Waals surface area contributed by atoms with Crippen LogP contribution in [0.15, 0.2) is 66.9 Å². The molecule has 0 radical (unpaired) electrons. The molecule has 1 aromatic heterocycles. The highest BCUT2D eigenvalue weighted by atomic mass is 28.4. The lowest BCUT2D eigenvalue weighted by molar-refractivity contribution is -0.315. The van der Waals surface area contributed by atoms with Gasteiger partial charge in [-0.25, -0.2) is 4.68 Å². The maximum absolute atomic E-state index is 11.4. The zero-order valence-electron chi connectivity index (χ0n) is 25.4. The highest BCUT2D eigenvalue weighted by Crippen LogP contribution is 2.38. The molecular formula is C32H43N3O7Si. The predicted octanol–water partition coefficient (Wildman–Crippen LogP) is 3.83. The third-order valence-electron chi connectivity index (χ3n) is 8.63. The summed E-state index contributed by atoms with van der Waals surface area (Å²) in [6.07, 6.45) is -2.04. The minimum Gasteiger partial charge on any atom is -0.414 e. The van der Waals surface area contributed by atoms with E-state index in [1.807, 2.05) is 60.7 Å². The van der Waals surface area contributed by atoms with Gasteiger partial charge in [0.2, 0.25) is 0 Å². The van der Waals surface area contributed by atoms with Gasteiger partial charge in [-0.1, -0.05) is 92.7 Å². The fourth-order valence-electron chi connectivity index (χ4n) is 4.98. The Bertz CT molecular complexity index is 1380. The summed E-state index contributed by atoms with van der Waals surface area (Å²) in [4.78, 5) is 0. The van der Waals surface area contributed by atoms with E-state index in [9.17, 15) is 15.3 Å². The minimum atomic E-state index is -2.18. The third kappa shape index (κ3) is 7.32. The molecule has 2 aliphatic rings. The van der Waals surface area contributed by atoms with Gasteiger partial charge in [0, 0.05) is 0 Å². The van der Waals surface area contributed by atoms with Crippen molar-refractivity contribution < 1.29 is 34.0 Å². The van der Waals surface area contributed by atoms with Crippen LogP contribution in [0.5, 0.6) is 0 Å². The van der Waals surface area contributed by atoms with Crippen LogP contribution in [-0.4, -0.2) is 82.0 Å². The lowest BCUT2D eigenvalue weighted by Crippen LogP contribution is -2.61. The molecule has 43 heavy (non-hydrogen) atoms. The van der Waals surface area contributed by atoms with Crippen molar-refractivity contribution in [3.63, 3.8) is 0 Å². The number of benzene rings is 2. The molecule has 1 saturated heterocycles. The molecular weight excluding hydrogens is 566 g/mol. The van der Waals surface area contributed by atoms with Gasteiger partial charge < -0.3 is 34.0 Å². The second-order valence-electron chi connectivity index (χ2n) is 12.8. The van der Waals surface area contributed by atoms with E-state index in [0.717, 1.165) is 16.7 Å². The number of aromatic nitrogens is 3. The summed E-state index contributed by atoms with van der Waals surface area (Å²) in [5.74, 6) is 0. The highest BCUT2D eigenvalue weighted by Gasteiger charge is 2.49. The van der Waals surface area contributed by atoms with Crippen LogP contribution in [0.25, 0.3) is 6.08 Å². The molecule has 3 N–H and O–H groups in total. The molecule has 11 heteroatoms. The average molecular weight is 610 g/mol. The van der Waals surface area contributed by atoms with Crippen LogP contribution in [0, 0.1) is 0 Å². The lowest BCUT2D eigenvalue weighted by atomic mass is 9.92. The van der Waals surface area contributed by atoms with Crippen LogP contribution < -0.4 is 0 Å². The number of aliphatic hydroxyl groups excluding tert-OH is 3. The van der Waals surface area contributed by atoms with Crippen LogP contribution in [0.2, 0.25) is 18.1 Å². The molecule has 0 saturated carbocycles. The molecule has 2 aromatic carbocycles. The number of fused-ring (bicyclic) bond motifs is 1. The largest absolute Gasteiger partial charge is 0.414 e. The number of ether oxygens (including phenoxy) is 3. The molecule has 1 fully saturated rings. The van der Waals surface area contributed by atoms with Gasteiger partial charge >= 0.3 is 0 Å². The smallest absolute Gasteiger partial charge is 0.192 e.